The van der Waals surface area contributed by atoms with Crippen LogP contribution in [0.1, 0.15) is 25.6 Å². The Hall–Kier alpha value is -2.13. The molecule has 4 heteroatoms. The normalized spacial score (nSPS) is 11.3. The van der Waals surface area contributed by atoms with Gasteiger partial charge in [-0.25, -0.2) is 0 Å². The number of nitrogens with zero attached hydrogens (tertiary/aromatic N) is 1. The highest BCUT2D eigenvalue weighted by atomic mass is 35.5. The molecule has 0 spiro atoms. The van der Waals surface area contributed by atoms with E-state index in [1.807, 2.05) is 42.5 Å². The van der Waals surface area contributed by atoms with Gasteiger partial charge in [0, 0.05) is 17.1 Å². The third kappa shape index (κ3) is 2.77. The predicted octanol–water partition coefficient (Wildman–Crippen LogP) is 5.04. The molecular weight excluding hydrogens is 296 g/mol. The number of benzene rings is 2. The molecule has 22 heavy (non-hydrogen) atoms. The third-order valence-corrected chi connectivity index (χ3v) is 3.99. The van der Waals surface area contributed by atoms with Gasteiger partial charge in [0.25, 0.3) is 0 Å². The molecule has 1 heterocycles. The first-order valence-electron chi connectivity index (χ1n) is 7.33. The van der Waals surface area contributed by atoms with Crippen molar-refractivity contribution < 1.29 is 4.74 Å². The van der Waals surface area contributed by atoms with Crippen LogP contribution in [0.4, 0.5) is 5.69 Å². The van der Waals surface area contributed by atoms with Crippen LogP contribution in [0, 0.1) is 0 Å². The fourth-order valence-electron chi connectivity index (χ4n) is 2.73. The first-order valence-corrected chi connectivity index (χ1v) is 7.70. The summed E-state index contributed by atoms with van der Waals surface area (Å²) in [5, 5.41) is 1.79. The Kier molecular flexibility index (Phi) is 3.99. The second-order valence-corrected chi connectivity index (χ2v) is 6.04. The molecule has 3 nitrogen and oxygen atoms in total. The molecule has 0 saturated heterocycles. The summed E-state index contributed by atoms with van der Waals surface area (Å²) < 4.78 is 8.14. The molecule has 0 aliphatic carbocycles. The number of hydrogen-bond acceptors (Lipinski definition) is 2. The second kappa shape index (κ2) is 5.93. The zero-order chi connectivity index (χ0) is 15.7. The number of rotatable bonds is 4. The zero-order valence-corrected chi connectivity index (χ0v) is 13.5. The number of anilines is 1. The molecule has 1 aromatic heterocycles. The maximum absolute atomic E-state index is 6.14. The van der Waals surface area contributed by atoms with Crippen LogP contribution in [-0.2, 0) is 6.61 Å². The Labute approximate surface area is 135 Å². The van der Waals surface area contributed by atoms with Gasteiger partial charge in [0.2, 0.25) is 0 Å². The molecule has 3 rings (SSSR count). The summed E-state index contributed by atoms with van der Waals surface area (Å²) >= 11 is 6.14. The maximum Gasteiger partial charge on any atom is 0.138 e. The van der Waals surface area contributed by atoms with Crippen LogP contribution >= 0.6 is 11.6 Å². The Morgan fingerprint density at radius 2 is 1.91 bits per heavy atom. The van der Waals surface area contributed by atoms with Crippen molar-refractivity contribution in [2.75, 3.05) is 5.73 Å². The number of nitrogen functional groups attached to an aromatic ring is 1. The van der Waals surface area contributed by atoms with Crippen molar-refractivity contribution >= 4 is 28.2 Å². The van der Waals surface area contributed by atoms with Gasteiger partial charge in [-0.1, -0.05) is 29.8 Å². The average Bonchev–Trinajstić information content (AvgIpc) is 2.84. The summed E-state index contributed by atoms with van der Waals surface area (Å²) in [6.07, 6.45) is 0. The van der Waals surface area contributed by atoms with Crippen LogP contribution in [0.25, 0.3) is 10.9 Å². The van der Waals surface area contributed by atoms with E-state index in [0.717, 1.165) is 16.9 Å². The molecule has 0 radical (unpaired) electrons. The molecule has 0 saturated carbocycles. The van der Waals surface area contributed by atoms with Gasteiger partial charge in [0.1, 0.15) is 12.4 Å². The van der Waals surface area contributed by atoms with Gasteiger partial charge < -0.3 is 15.0 Å². The summed E-state index contributed by atoms with van der Waals surface area (Å²) in [6.45, 7) is 4.78. The fraction of sp³-hybridized carbons (Fsp3) is 0.222. The molecule has 0 bridgehead atoms. The fourth-order valence-corrected chi connectivity index (χ4v) is 2.92. The van der Waals surface area contributed by atoms with E-state index >= 15 is 0 Å². The van der Waals surface area contributed by atoms with E-state index in [2.05, 4.69) is 24.5 Å². The zero-order valence-electron chi connectivity index (χ0n) is 12.7. The van der Waals surface area contributed by atoms with Gasteiger partial charge in [-0.05, 0) is 44.2 Å². The van der Waals surface area contributed by atoms with E-state index in [1.165, 1.54) is 5.39 Å². The lowest BCUT2D eigenvalue weighted by molar-refractivity contribution is 0.293. The van der Waals surface area contributed by atoms with Crippen molar-refractivity contribution in [1.29, 1.82) is 0 Å². The average molecular weight is 315 g/mol. The minimum atomic E-state index is 0.323. The van der Waals surface area contributed by atoms with E-state index in [-0.39, 0.29) is 0 Å². The second-order valence-electron chi connectivity index (χ2n) is 5.64. The molecule has 2 N–H and O–H groups in total. The Bertz CT molecular complexity index is 808. The molecule has 3 aromatic rings. The SMILES string of the molecule is CC(C)n1c(COc2ccccc2Cl)cc2ccc(N)cc21. The van der Waals surface area contributed by atoms with Crippen molar-refractivity contribution in [2.45, 2.75) is 26.5 Å². The summed E-state index contributed by atoms with van der Waals surface area (Å²) in [5.74, 6) is 0.698. The van der Waals surface area contributed by atoms with Crippen LogP contribution in [0.5, 0.6) is 5.75 Å². The van der Waals surface area contributed by atoms with Crippen molar-refractivity contribution in [2.24, 2.45) is 0 Å². The van der Waals surface area contributed by atoms with E-state index in [4.69, 9.17) is 22.1 Å². The smallest absolute Gasteiger partial charge is 0.138 e. The lowest BCUT2D eigenvalue weighted by atomic mass is 10.2. The number of ether oxygens (including phenoxy) is 1. The van der Waals surface area contributed by atoms with Gasteiger partial charge in [-0.3, -0.25) is 0 Å². The van der Waals surface area contributed by atoms with Gasteiger partial charge in [-0.15, -0.1) is 0 Å². The molecule has 0 aliphatic heterocycles. The first kappa shape index (κ1) is 14.8. The largest absolute Gasteiger partial charge is 0.486 e. The standard InChI is InChI=1S/C18H19ClN2O/c1-12(2)21-15(9-13-7-8-14(20)10-17(13)21)11-22-18-6-4-3-5-16(18)19/h3-10,12H,11,20H2,1-2H3. The molecule has 114 valence electrons. The van der Waals surface area contributed by atoms with E-state index in [9.17, 15) is 0 Å². The Balaban J connectivity index is 1.96. The van der Waals surface area contributed by atoms with Crippen molar-refractivity contribution in [3.8, 4) is 5.75 Å². The van der Waals surface area contributed by atoms with Gasteiger partial charge in [0.15, 0.2) is 0 Å². The minimum Gasteiger partial charge on any atom is -0.486 e. The Morgan fingerprint density at radius 1 is 1.14 bits per heavy atom. The highest BCUT2D eigenvalue weighted by Gasteiger charge is 2.13. The van der Waals surface area contributed by atoms with Gasteiger partial charge in [-0.2, -0.15) is 0 Å². The third-order valence-electron chi connectivity index (χ3n) is 3.67. The Morgan fingerprint density at radius 3 is 2.64 bits per heavy atom. The van der Waals surface area contributed by atoms with Crippen molar-refractivity contribution in [1.82, 2.24) is 4.57 Å². The number of nitrogens with two attached hydrogens (primary N) is 1. The molecule has 2 aromatic carbocycles. The lowest BCUT2D eigenvalue weighted by Gasteiger charge is -2.16. The number of aromatic nitrogens is 1. The highest BCUT2D eigenvalue weighted by Crippen LogP contribution is 2.28. The number of para-hydroxylation sites is 1. The summed E-state index contributed by atoms with van der Waals surface area (Å²) in [5.41, 5.74) is 8.93. The minimum absolute atomic E-state index is 0.323. The van der Waals surface area contributed by atoms with E-state index in [1.54, 1.807) is 0 Å². The highest BCUT2D eigenvalue weighted by molar-refractivity contribution is 6.32. The van der Waals surface area contributed by atoms with E-state index < -0.39 is 0 Å². The monoisotopic (exact) mass is 314 g/mol. The van der Waals surface area contributed by atoms with Crippen LogP contribution in [-0.4, -0.2) is 4.57 Å². The lowest BCUT2D eigenvalue weighted by Crippen LogP contribution is -2.08. The number of hydrogen-bond donors (Lipinski definition) is 1. The predicted molar refractivity (Wildman–Crippen MR) is 92.5 cm³/mol. The maximum atomic E-state index is 6.14. The molecule has 0 atom stereocenters. The molecule has 0 unspecified atom stereocenters. The van der Waals surface area contributed by atoms with Crippen LogP contribution < -0.4 is 10.5 Å². The summed E-state index contributed by atoms with van der Waals surface area (Å²) in [6, 6.07) is 16.0. The summed E-state index contributed by atoms with van der Waals surface area (Å²) in [4.78, 5) is 0. The van der Waals surface area contributed by atoms with Crippen LogP contribution in [0.2, 0.25) is 5.02 Å². The van der Waals surface area contributed by atoms with Gasteiger partial charge >= 0.3 is 0 Å². The van der Waals surface area contributed by atoms with Crippen molar-refractivity contribution in [3.63, 3.8) is 0 Å². The summed E-state index contributed by atoms with van der Waals surface area (Å²) in [7, 11) is 0. The van der Waals surface area contributed by atoms with Crippen LogP contribution in [0.15, 0.2) is 48.5 Å². The molecular formula is C18H19ClN2O. The van der Waals surface area contributed by atoms with Crippen molar-refractivity contribution in [3.05, 3.63) is 59.2 Å². The quantitative estimate of drug-likeness (QED) is 0.685. The molecule has 0 aliphatic rings. The topological polar surface area (TPSA) is 40.2 Å². The van der Waals surface area contributed by atoms with Gasteiger partial charge in [0.05, 0.1) is 16.2 Å². The molecule has 0 fully saturated rings. The number of halogens is 1. The first-order chi connectivity index (χ1) is 10.6. The van der Waals surface area contributed by atoms with Crippen LogP contribution in [0.3, 0.4) is 0 Å². The van der Waals surface area contributed by atoms with E-state index in [0.29, 0.717) is 23.4 Å². The number of fused-ring (bicyclic) bond motifs is 1. The molecule has 0 amide bonds.